The lowest BCUT2D eigenvalue weighted by molar-refractivity contribution is -0.129. The fraction of sp³-hybridized carbons (Fsp3) is 0.208. The molecular weight excluding hydrogens is 348 g/mol. The lowest BCUT2D eigenvalue weighted by atomic mass is 9.83. The molecule has 0 N–H and O–H groups in total. The number of carbonyl (C=O) groups is 2. The van der Waals surface area contributed by atoms with Crippen LogP contribution in [0.15, 0.2) is 77.4 Å². The molecule has 2 aromatic rings. The Labute approximate surface area is 164 Å². The normalized spacial score (nSPS) is 20.7. The van der Waals surface area contributed by atoms with Crippen LogP contribution in [-0.4, -0.2) is 22.4 Å². The Morgan fingerprint density at radius 3 is 2.18 bits per heavy atom. The van der Waals surface area contributed by atoms with Gasteiger partial charge in [0.1, 0.15) is 5.84 Å². The van der Waals surface area contributed by atoms with Crippen LogP contribution in [-0.2, 0) is 10.3 Å². The standard InChI is InChI=1S/C24H22N2O2/c1-16-6-10-19(11-7-16)21(27)15-24(20-12-8-17(2)9-13-20)23(28)26-14-4-5-18(3)22(26)25-24/h4-14H,15H2,1-3H3. The Kier molecular flexibility index (Phi) is 4.34. The van der Waals surface area contributed by atoms with E-state index in [2.05, 4.69) is 0 Å². The summed E-state index contributed by atoms with van der Waals surface area (Å²) >= 11 is 0. The summed E-state index contributed by atoms with van der Waals surface area (Å²) in [4.78, 5) is 33.0. The van der Waals surface area contributed by atoms with Gasteiger partial charge in [0.15, 0.2) is 11.3 Å². The molecule has 0 bridgehead atoms. The first-order valence-corrected chi connectivity index (χ1v) is 9.37. The highest BCUT2D eigenvalue weighted by Crippen LogP contribution is 2.40. The number of aryl methyl sites for hydroxylation is 2. The number of aliphatic imine (C=N–C) groups is 1. The second kappa shape index (κ2) is 6.71. The molecule has 2 aromatic carbocycles. The van der Waals surface area contributed by atoms with Gasteiger partial charge in [-0.2, -0.15) is 0 Å². The highest BCUT2D eigenvalue weighted by atomic mass is 16.2. The third kappa shape index (κ3) is 2.91. The number of amidine groups is 1. The van der Waals surface area contributed by atoms with E-state index in [0.29, 0.717) is 11.4 Å². The molecule has 1 unspecified atom stereocenters. The molecule has 0 radical (unpaired) electrons. The van der Waals surface area contributed by atoms with Crippen molar-refractivity contribution in [1.29, 1.82) is 0 Å². The van der Waals surface area contributed by atoms with Crippen LogP contribution >= 0.6 is 0 Å². The quantitative estimate of drug-likeness (QED) is 0.745. The van der Waals surface area contributed by atoms with Crippen LogP contribution in [0.5, 0.6) is 0 Å². The summed E-state index contributed by atoms with van der Waals surface area (Å²) in [5.41, 5.74) is 3.19. The molecule has 4 nitrogen and oxygen atoms in total. The molecule has 28 heavy (non-hydrogen) atoms. The zero-order valence-electron chi connectivity index (χ0n) is 16.3. The van der Waals surface area contributed by atoms with Crippen molar-refractivity contribution in [2.45, 2.75) is 32.7 Å². The lowest BCUT2D eigenvalue weighted by Gasteiger charge is -2.25. The van der Waals surface area contributed by atoms with Crippen LogP contribution < -0.4 is 0 Å². The number of benzene rings is 2. The summed E-state index contributed by atoms with van der Waals surface area (Å²) in [6.07, 6.45) is 5.48. The Balaban J connectivity index is 1.81. The summed E-state index contributed by atoms with van der Waals surface area (Å²) in [7, 11) is 0. The number of hydrogen-bond donors (Lipinski definition) is 0. The van der Waals surface area contributed by atoms with E-state index in [-0.39, 0.29) is 18.1 Å². The number of fused-ring (bicyclic) bond motifs is 1. The van der Waals surface area contributed by atoms with Gasteiger partial charge in [-0.15, -0.1) is 0 Å². The van der Waals surface area contributed by atoms with Crippen molar-refractivity contribution in [2.24, 2.45) is 4.99 Å². The number of amides is 1. The van der Waals surface area contributed by atoms with Crippen LogP contribution in [0.25, 0.3) is 0 Å². The number of allylic oxidation sites excluding steroid dienone is 2. The van der Waals surface area contributed by atoms with Gasteiger partial charge in [-0.25, -0.2) is 4.99 Å². The van der Waals surface area contributed by atoms with Gasteiger partial charge in [0.25, 0.3) is 5.91 Å². The molecule has 0 aliphatic carbocycles. The monoisotopic (exact) mass is 370 g/mol. The summed E-state index contributed by atoms with van der Waals surface area (Å²) in [6, 6.07) is 15.2. The first-order valence-electron chi connectivity index (χ1n) is 9.37. The van der Waals surface area contributed by atoms with Gasteiger partial charge in [0.2, 0.25) is 0 Å². The average molecular weight is 370 g/mol. The molecule has 4 heteroatoms. The largest absolute Gasteiger partial charge is 0.294 e. The van der Waals surface area contributed by atoms with E-state index in [4.69, 9.17) is 4.99 Å². The number of ketones is 1. The van der Waals surface area contributed by atoms with Crippen molar-refractivity contribution >= 4 is 17.5 Å². The Bertz CT molecular complexity index is 1040. The van der Waals surface area contributed by atoms with Gasteiger partial charge in [-0.3, -0.25) is 14.5 Å². The first kappa shape index (κ1) is 18.1. The highest BCUT2D eigenvalue weighted by Gasteiger charge is 2.51. The van der Waals surface area contributed by atoms with Crippen molar-refractivity contribution in [2.75, 3.05) is 0 Å². The van der Waals surface area contributed by atoms with Crippen molar-refractivity contribution < 1.29 is 9.59 Å². The highest BCUT2D eigenvalue weighted by molar-refractivity contribution is 6.18. The Morgan fingerprint density at radius 2 is 1.57 bits per heavy atom. The topological polar surface area (TPSA) is 49.7 Å². The molecule has 2 heterocycles. The van der Waals surface area contributed by atoms with E-state index in [1.807, 2.05) is 81.5 Å². The van der Waals surface area contributed by atoms with Crippen molar-refractivity contribution in [3.8, 4) is 0 Å². The molecule has 0 saturated heterocycles. The Morgan fingerprint density at radius 1 is 0.964 bits per heavy atom. The number of nitrogens with zero attached hydrogens (tertiary/aromatic N) is 2. The van der Waals surface area contributed by atoms with Gasteiger partial charge in [-0.1, -0.05) is 65.7 Å². The Hall–Kier alpha value is -3.27. The maximum atomic E-state index is 13.5. The number of carbonyl (C=O) groups excluding carboxylic acids is 2. The van der Waals surface area contributed by atoms with E-state index in [1.165, 1.54) is 0 Å². The molecule has 140 valence electrons. The van der Waals surface area contributed by atoms with E-state index < -0.39 is 5.54 Å². The third-order valence-corrected chi connectivity index (χ3v) is 5.35. The SMILES string of the molecule is CC1=CC=CN2C(=O)C(CC(=O)c3ccc(C)cc3)(c3ccc(C)cc3)N=C12. The summed E-state index contributed by atoms with van der Waals surface area (Å²) < 4.78 is 0. The van der Waals surface area contributed by atoms with E-state index in [0.717, 1.165) is 22.3 Å². The zero-order valence-corrected chi connectivity index (χ0v) is 16.3. The summed E-state index contributed by atoms with van der Waals surface area (Å²) in [5.74, 6) is 0.337. The molecule has 2 aliphatic heterocycles. The molecular formula is C24H22N2O2. The average Bonchev–Trinajstić information content (AvgIpc) is 2.97. The number of hydrogen-bond acceptors (Lipinski definition) is 3. The predicted molar refractivity (Wildman–Crippen MR) is 110 cm³/mol. The molecule has 0 saturated carbocycles. The predicted octanol–water partition coefficient (Wildman–Crippen LogP) is 4.49. The van der Waals surface area contributed by atoms with E-state index in [1.54, 1.807) is 11.1 Å². The number of Topliss-reactive ketones (excluding diaryl/α,β-unsaturated/α-hetero) is 1. The molecule has 2 aliphatic rings. The maximum absolute atomic E-state index is 13.5. The molecule has 1 atom stereocenters. The third-order valence-electron chi connectivity index (χ3n) is 5.35. The molecule has 0 spiro atoms. The zero-order chi connectivity index (χ0) is 19.9. The number of rotatable bonds is 4. The lowest BCUT2D eigenvalue weighted by Crippen LogP contribution is -2.40. The molecule has 1 amide bonds. The van der Waals surface area contributed by atoms with Gasteiger partial charge in [0, 0.05) is 18.2 Å². The van der Waals surface area contributed by atoms with Crippen LogP contribution in [0.3, 0.4) is 0 Å². The van der Waals surface area contributed by atoms with E-state index >= 15 is 0 Å². The van der Waals surface area contributed by atoms with Gasteiger partial charge in [-0.05, 0) is 38.0 Å². The van der Waals surface area contributed by atoms with Crippen LogP contribution in [0.4, 0.5) is 0 Å². The van der Waals surface area contributed by atoms with Gasteiger partial charge in [0.05, 0.1) is 0 Å². The molecule has 0 fully saturated rings. The van der Waals surface area contributed by atoms with Crippen molar-refractivity contribution in [1.82, 2.24) is 4.90 Å². The van der Waals surface area contributed by atoms with Crippen LogP contribution in [0.2, 0.25) is 0 Å². The van der Waals surface area contributed by atoms with E-state index in [9.17, 15) is 9.59 Å². The molecule has 4 rings (SSSR count). The second-order valence-electron chi connectivity index (χ2n) is 7.49. The van der Waals surface area contributed by atoms with Crippen LogP contribution in [0.1, 0.15) is 40.4 Å². The van der Waals surface area contributed by atoms with Crippen LogP contribution in [0, 0.1) is 13.8 Å². The first-order chi connectivity index (χ1) is 13.4. The van der Waals surface area contributed by atoms with Crippen molar-refractivity contribution in [3.05, 3.63) is 94.7 Å². The fourth-order valence-electron chi connectivity index (χ4n) is 3.65. The van der Waals surface area contributed by atoms with Gasteiger partial charge < -0.3 is 0 Å². The fourth-order valence-corrected chi connectivity index (χ4v) is 3.65. The minimum atomic E-state index is -1.24. The van der Waals surface area contributed by atoms with Gasteiger partial charge >= 0.3 is 0 Å². The smallest absolute Gasteiger partial charge is 0.265 e. The minimum absolute atomic E-state index is 0.000917. The summed E-state index contributed by atoms with van der Waals surface area (Å²) in [5, 5.41) is 0. The van der Waals surface area contributed by atoms with Crippen molar-refractivity contribution in [3.63, 3.8) is 0 Å². The molecule has 0 aromatic heterocycles. The minimum Gasteiger partial charge on any atom is -0.294 e. The second-order valence-corrected chi connectivity index (χ2v) is 7.49. The maximum Gasteiger partial charge on any atom is 0.265 e. The summed E-state index contributed by atoms with van der Waals surface area (Å²) in [6.45, 7) is 5.90.